The van der Waals surface area contributed by atoms with Gasteiger partial charge in [0.1, 0.15) is 0 Å². The van der Waals surface area contributed by atoms with Gasteiger partial charge in [-0.25, -0.2) is 4.98 Å². The van der Waals surface area contributed by atoms with E-state index in [9.17, 15) is 4.79 Å². The summed E-state index contributed by atoms with van der Waals surface area (Å²) in [6, 6.07) is 4.16. The highest BCUT2D eigenvalue weighted by molar-refractivity contribution is 9.10. The van der Waals surface area contributed by atoms with Crippen molar-refractivity contribution in [3.05, 3.63) is 23.3 Å². The lowest BCUT2D eigenvalue weighted by Crippen LogP contribution is -2.30. The Hall–Kier alpha value is -0.940. The number of alkyl halides is 1. The SMILES string of the molecule is Cc1cc2nc(NC(=O)C(C)(C)Br)sc2cc1C. The first-order chi connectivity index (χ1) is 8.27. The second-order valence-corrected chi connectivity index (χ2v) is 7.86. The van der Waals surface area contributed by atoms with Crippen LogP contribution in [0.4, 0.5) is 5.13 Å². The van der Waals surface area contributed by atoms with Crippen LogP contribution in [0.1, 0.15) is 25.0 Å². The van der Waals surface area contributed by atoms with Crippen molar-refractivity contribution in [3.8, 4) is 0 Å². The molecule has 0 unspecified atom stereocenters. The highest BCUT2D eigenvalue weighted by Crippen LogP contribution is 2.29. The molecule has 0 saturated heterocycles. The fourth-order valence-corrected chi connectivity index (χ4v) is 2.52. The number of hydrogen-bond donors (Lipinski definition) is 1. The van der Waals surface area contributed by atoms with E-state index in [2.05, 4.69) is 52.2 Å². The van der Waals surface area contributed by atoms with Crippen LogP contribution < -0.4 is 5.32 Å². The molecule has 1 heterocycles. The van der Waals surface area contributed by atoms with Crippen LogP contribution in [-0.4, -0.2) is 15.2 Å². The second kappa shape index (κ2) is 4.63. The van der Waals surface area contributed by atoms with Crippen molar-refractivity contribution in [2.75, 3.05) is 5.32 Å². The highest BCUT2D eigenvalue weighted by Gasteiger charge is 2.24. The summed E-state index contributed by atoms with van der Waals surface area (Å²) in [5.41, 5.74) is 3.39. The monoisotopic (exact) mass is 326 g/mol. The molecule has 2 aromatic rings. The second-order valence-electron chi connectivity index (χ2n) is 4.85. The first-order valence-electron chi connectivity index (χ1n) is 5.65. The largest absolute Gasteiger partial charge is 0.301 e. The van der Waals surface area contributed by atoms with Gasteiger partial charge in [-0.3, -0.25) is 4.79 Å². The van der Waals surface area contributed by atoms with Crippen LogP contribution in [0.25, 0.3) is 10.2 Å². The number of amides is 1. The fraction of sp³-hybridized carbons (Fsp3) is 0.385. The summed E-state index contributed by atoms with van der Waals surface area (Å²) in [5, 5.41) is 3.48. The molecule has 96 valence electrons. The van der Waals surface area contributed by atoms with Gasteiger partial charge in [-0.1, -0.05) is 27.3 Å². The molecule has 0 saturated carbocycles. The zero-order valence-corrected chi connectivity index (χ0v) is 13.2. The Balaban J connectivity index is 2.34. The van der Waals surface area contributed by atoms with Gasteiger partial charge in [-0.15, -0.1) is 0 Å². The van der Waals surface area contributed by atoms with Gasteiger partial charge in [0.25, 0.3) is 0 Å². The third-order valence-corrected chi connectivity index (χ3v) is 4.06. The Labute approximate surface area is 119 Å². The molecular formula is C13H15BrN2OS. The van der Waals surface area contributed by atoms with Gasteiger partial charge < -0.3 is 5.32 Å². The van der Waals surface area contributed by atoms with E-state index in [-0.39, 0.29) is 5.91 Å². The Morgan fingerprint density at radius 3 is 2.56 bits per heavy atom. The lowest BCUT2D eigenvalue weighted by Gasteiger charge is -2.13. The molecule has 1 aromatic carbocycles. The van der Waals surface area contributed by atoms with E-state index in [1.54, 1.807) is 0 Å². The number of aryl methyl sites for hydroxylation is 2. The number of anilines is 1. The molecule has 0 atom stereocenters. The van der Waals surface area contributed by atoms with Crippen molar-refractivity contribution >= 4 is 48.5 Å². The molecule has 0 spiro atoms. The van der Waals surface area contributed by atoms with E-state index in [1.807, 2.05) is 13.8 Å². The first kappa shape index (κ1) is 13.5. The van der Waals surface area contributed by atoms with Crippen molar-refractivity contribution in [1.29, 1.82) is 0 Å². The zero-order valence-electron chi connectivity index (χ0n) is 10.8. The van der Waals surface area contributed by atoms with Crippen molar-refractivity contribution in [1.82, 2.24) is 4.98 Å². The predicted octanol–water partition coefficient (Wildman–Crippen LogP) is 4.03. The average molecular weight is 327 g/mol. The summed E-state index contributed by atoms with van der Waals surface area (Å²) in [7, 11) is 0. The summed E-state index contributed by atoms with van der Waals surface area (Å²) in [6.07, 6.45) is 0. The Morgan fingerprint density at radius 1 is 1.33 bits per heavy atom. The number of hydrogen-bond acceptors (Lipinski definition) is 3. The molecule has 0 aliphatic rings. The molecule has 1 amide bonds. The highest BCUT2D eigenvalue weighted by atomic mass is 79.9. The number of benzene rings is 1. The Bertz CT molecular complexity index is 574. The van der Waals surface area contributed by atoms with Crippen molar-refractivity contribution in [2.45, 2.75) is 32.0 Å². The van der Waals surface area contributed by atoms with Crippen LogP contribution in [0.5, 0.6) is 0 Å². The van der Waals surface area contributed by atoms with Gasteiger partial charge >= 0.3 is 0 Å². The quantitative estimate of drug-likeness (QED) is 0.847. The van der Waals surface area contributed by atoms with Crippen LogP contribution in [0.2, 0.25) is 0 Å². The summed E-state index contributed by atoms with van der Waals surface area (Å²) >= 11 is 4.83. The number of rotatable bonds is 2. The van der Waals surface area contributed by atoms with Crippen LogP contribution in [0.15, 0.2) is 12.1 Å². The zero-order chi connectivity index (χ0) is 13.5. The molecule has 5 heteroatoms. The maximum Gasteiger partial charge on any atom is 0.242 e. The summed E-state index contributed by atoms with van der Waals surface area (Å²) < 4.78 is 0.511. The van der Waals surface area contributed by atoms with Gasteiger partial charge in [0, 0.05) is 0 Å². The number of nitrogens with one attached hydrogen (secondary N) is 1. The standard InChI is InChI=1S/C13H15BrN2OS/c1-7-5-9-10(6-8(7)2)18-12(15-9)16-11(17)13(3,4)14/h5-6H,1-4H3,(H,15,16,17). The molecule has 3 nitrogen and oxygen atoms in total. The molecule has 0 radical (unpaired) electrons. The smallest absolute Gasteiger partial charge is 0.242 e. The van der Waals surface area contributed by atoms with Gasteiger partial charge in [0.15, 0.2) is 5.13 Å². The minimum absolute atomic E-state index is 0.0880. The molecule has 0 aliphatic heterocycles. The van der Waals surface area contributed by atoms with Crippen LogP contribution in [0.3, 0.4) is 0 Å². The lowest BCUT2D eigenvalue weighted by molar-refractivity contribution is -0.117. The van der Waals surface area contributed by atoms with Crippen LogP contribution in [-0.2, 0) is 4.79 Å². The number of aromatic nitrogens is 1. The lowest BCUT2D eigenvalue weighted by atomic mass is 10.1. The topological polar surface area (TPSA) is 42.0 Å². The van der Waals surface area contributed by atoms with Crippen molar-refractivity contribution < 1.29 is 4.79 Å². The van der Waals surface area contributed by atoms with Gasteiger partial charge in [0.2, 0.25) is 5.91 Å². The van der Waals surface area contributed by atoms with E-state index in [0.29, 0.717) is 5.13 Å². The average Bonchev–Trinajstić information content (AvgIpc) is 2.59. The number of nitrogens with zero attached hydrogens (tertiary/aromatic N) is 1. The van der Waals surface area contributed by atoms with E-state index < -0.39 is 4.32 Å². The summed E-state index contributed by atoms with van der Waals surface area (Å²) in [4.78, 5) is 16.3. The Kier molecular flexibility index (Phi) is 3.47. The molecule has 18 heavy (non-hydrogen) atoms. The van der Waals surface area contributed by atoms with Crippen molar-refractivity contribution in [3.63, 3.8) is 0 Å². The van der Waals surface area contributed by atoms with E-state index in [0.717, 1.165) is 10.2 Å². The van der Waals surface area contributed by atoms with Gasteiger partial charge in [-0.2, -0.15) is 0 Å². The Morgan fingerprint density at radius 2 is 1.94 bits per heavy atom. The van der Waals surface area contributed by atoms with E-state index in [4.69, 9.17) is 0 Å². The summed E-state index contributed by atoms with van der Waals surface area (Å²) in [6.45, 7) is 7.76. The molecule has 2 rings (SSSR count). The summed E-state index contributed by atoms with van der Waals surface area (Å²) in [5.74, 6) is -0.0880. The van der Waals surface area contributed by atoms with E-state index in [1.165, 1.54) is 22.5 Å². The number of carbonyl (C=O) groups excluding carboxylic acids is 1. The third kappa shape index (κ3) is 2.72. The van der Waals surface area contributed by atoms with Crippen molar-refractivity contribution in [2.24, 2.45) is 0 Å². The third-order valence-electron chi connectivity index (χ3n) is 2.76. The fourth-order valence-electron chi connectivity index (χ4n) is 1.48. The minimum atomic E-state index is -0.587. The molecular weight excluding hydrogens is 312 g/mol. The number of halogens is 1. The molecule has 1 aromatic heterocycles. The number of carbonyl (C=O) groups is 1. The molecule has 0 bridgehead atoms. The van der Waals surface area contributed by atoms with Gasteiger partial charge in [-0.05, 0) is 51.0 Å². The van der Waals surface area contributed by atoms with Crippen LogP contribution >= 0.6 is 27.3 Å². The molecule has 0 fully saturated rings. The van der Waals surface area contributed by atoms with Crippen LogP contribution in [0, 0.1) is 13.8 Å². The normalized spacial score (nSPS) is 11.8. The number of fused-ring (bicyclic) bond motifs is 1. The predicted molar refractivity (Wildman–Crippen MR) is 80.7 cm³/mol. The van der Waals surface area contributed by atoms with E-state index >= 15 is 0 Å². The number of thiazole rings is 1. The molecule has 0 aliphatic carbocycles. The minimum Gasteiger partial charge on any atom is -0.301 e. The van der Waals surface area contributed by atoms with Gasteiger partial charge in [0.05, 0.1) is 14.5 Å². The maximum absolute atomic E-state index is 11.9. The maximum atomic E-state index is 11.9. The first-order valence-corrected chi connectivity index (χ1v) is 7.26. The molecule has 1 N–H and O–H groups in total.